The van der Waals surface area contributed by atoms with E-state index in [9.17, 15) is 9.90 Å². The van der Waals surface area contributed by atoms with E-state index in [0.29, 0.717) is 40.1 Å². The van der Waals surface area contributed by atoms with Crippen molar-refractivity contribution < 1.29 is 15.0 Å². The molecule has 0 aromatic rings. The molecule has 0 aromatic carbocycles. The molecule has 3 nitrogen and oxygen atoms in total. The van der Waals surface area contributed by atoms with Gasteiger partial charge in [0.2, 0.25) is 0 Å². The molecule has 4 rings (SSSR count). The second kappa shape index (κ2) is 8.25. The van der Waals surface area contributed by atoms with Gasteiger partial charge in [0.15, 0.2) is 0 Å². The fourth-order valence-corrected chi connectivity index (χ4v) is 9.52. The average Bonchev–Trinajstić information content (AvgIpc) is 3.02. The molecule has 0 heterocycles. The molecule has 8 atom stereocenters. The Hall–Kier alpha value is -1.09. The Morgan fingerprint density at radius 1 is 1.09 bits per heavy atom. The van der Waals surface area contributed by atoms with Gasteiger partial charge < -0.3 is 10.2 Å². The topological polar surface area (TPSA) is 57.5 Å². The van der Waals surface area contributed by atoms with E-state index in [1.165, 1.54) is 32.1 Å². The van der Waals surface area contributed by atoms with Crippen molar-refractivity contribution in [2.75, 3.05) is 0 Å². The van der Waals surface area contributed by atoms with Gasteiger partial charge in [-0.3, -0.25) is 0 Å². The maximum Gasteiger partial charge on any atom is 0.330 e. The summed E-state index contributed by atoms with van der Waals surface area (Å²) in [7, 11) is 0. The zero-order chi connectivity index (χ0) is 24.4. The van der Waals surface area contributed by atoms with E-state index in [4.69, 9.17) is 5.11 Å². The minimum Gasteiger partial charge on any atom is -0.478 e. The van der Waals surface area contributed by atoms with E-state index in [-0.39, 0.29) is 16.9 Å². The van der Waals surface area contributed by atoms with Crippen molar-refractivity contribution in [3.8, 4) is 0 Å². The predicted molar refractivity (Wildman–Crippen MR) is 135 cm³/mol. The molecule has 2 N–H and O–H groups in total. The smallest absolute Gasteiger partial charge is 0.330 e. The number of allylic oxidation sites excluding steroid dienone is 3. The quantitative estimate of drug-likeness (QED) is 0.335. The molecule has 0 amide bonds. The zero-order valence-electron chi connectivity index (χ0n) is 22.2. The number of rotatable bonds is 5. The lowest BCUT2D eigenvalue weighted by Gasteiger charge is -2.64. The average molecular weight is 457 g/mol. The molecule has 0 bridgehead atoms. The van der Waals surface area contributed by atoms with Gasteiger partial charge >= 0.3 is 5.97 Å². The molecular formula is C30H48O3. The Morgan fingerprint density at radius 3 is 2.45 bits per heavy atom. The van der Waals surface area contributed by atoms with E-state index in [2.05, 4.69) is 47.6 Å². The van der Waals surface area contributed by atoms with Gasteiger partial charge in [-0.05, 0) is 110 Å². The summed E-state index contributed by atoms with van der Waals surface area (Å²) in [6.07, 6.45) is 14.7. The second-order valence-corrected chi connectivity index (χ2v) is 13.6. The molecule has 186 valence electrons. The molecular weight excluding hydrogens is 408 g/mol. The highest BCUT2D eigenvalue weighted by molar-refractivity contribution is 5.85. The molecule has 0 spiro atoms. The number of hydrogen-bond donors (Lipinski definition) is 2. The summed E-state index contributed by atoms with van der Waals surface area (Å²) in [5.74, 6) is 1.77. The molecule has 3 heteroatoms. The Bertz CT molecular complexity index is 853. The number of aliphatic carboxylic acids is 1. The first-order valence-corrected chi connectivity index (χ1v) is 13.6. The maximum absolute atomic E-state index is 11.1. The van der Waals surface area contributed by atoms with Gasteiger partial charge in [-0.1, -0.05) is 59.3 Å². The molecule has 0 radical (unpaired) electrons. The highest BCUT2D eigenvalue weighted by atomic mass is 16.4. The second-order valence-electron chi connectivity index (χ2n) is 13.6. The Kier molecular flexibility index (Phi) is 6.25. The highest BCUT2D eigenvalue weighted by Crippen LogP contribution is 2.73. The summed E-state index contributed by atoms with van der Waals surface area (Å²) in [4.78, 5) is 11.1. The van der Waals surface area contributed by atoms with Crippen molar-refractivity contribution in [3.63, 3.8) is 0 Å². The highest BCUT2D eigenvalue weighted by Gasteiger charge is 2.65. The summed E-state index contributed by atoms with van der Waals surface area (Å²) in [5, 5.41) is 20.0. The van der Waals surface area contributed by atoms with Gasteiger partial charge in [-0.25, -0.2) is 4.79 Å². The largest absolute Gasteiger partial charge is 0.478 e. The number of aliphatic hydroxyl groups is 1. The van der Waals surface area contributed by atoms with Gasteiger partial charge in [0.1, 0.15) is 0 Å². The van der Waals surface area contributed by atoms with Gasteiger partial charge in [0, 0.05) is 5.57 Å². The van der Waals surface area contributed by atoms with Gasteiger partial charge in [-0.2, -0.15) is 0 Å². The van der Waals surface area contributed by atoms with Crippen LogP contribution in [0.1, 0.15) is 106 Å². The first-order chi connectivity index (χ1) is 15.3. The summed E-state index contributed by atoms with van der Waals surface area (Å²) in [5.41, 5.74) is 3.11. The van der Waals surface area contributed by atoms with Crippen LogP contribution in [0.2, 0.25) is 0 Å². The third-order valence-electron chi connectivity index (χ3n) is 12.0. The van der Waals surface area contributed by atoms with Crippen molar-refractivity contribution in [2.45, 2.75) is 112 Å². The molecule has 0 unspecified atom stereocenters. The van der Waals surface area contributed by atoms with Crippen molar-refractivity contribution >= 4 is 5.97 Å². The van der Waals surface area contributed by atoms with E-state index in [0.717, 1.165) is 25.7 Å². The van der Waals surface area contributed by atoms with Crippen molar-refractivity contribution in [1.29, 1.82) is 0 Å². The first-order valence-electron chi connectivity index (χ1n) is 13.6. The van der Waals surface area contributed by atoms with Crippen LogP contribution in [-0.4, -0.2) is 22.3 Å². The molecule has 0 saturated heterocycles. The van der Waals surface area contributed by atoms with Crippen LogP contribution >= 0.6 is 0 Å². The van der Waals surface area contributed by atoms with Crippen LogP contribution in [0.4, 0.5) is 0 Å². The summed E-state index contributed by atoms with van der Waals surface area (Å²) >= 11 is 0. The molecule has 0 aromatic heterocycles. The van der Waals surface area contributed by atoms with Crippen LogP contribution in [0, 0.1) is 45.3 Å². The molecule has 4 aliphatic rings. The van der Waals surface area contributed by atoms with E-state index < -0.39 is 5.97 Å². The molecule has 33 heavy (non-hydrogen) atoms. The molecule has 0 aliphatic heterocycles. The lowest BCUT2D eigenvalue weighted by molar-refractivity contribution is -0.132. The van der Waals surface area contributed by atoms with Crippen LogP contribution in [0.25, 0.3) is 0 Å². The van der Waals surface area contributed by atoms with Crippen molar-refractivity contribution in [2.24, 2.45) is 45.3 Å². The molecule has 4 aliphatic carbocycles. The third kappa shape index (κ3) is 3.58. The predicted octanol–water partition coefficient (Wildman–Crippen LogP) is 7.40. The SMILES string of the molecule is C/C(=C\CC[C@@H](C)[C@H]1CC[C@@]2(C)[C@@H]3CC[C@@H]4C(C)(C)[C@H](O)CC[C@]4(C)C3=CC[C@]12C)C(=O)O. The van der Waals surface area contributed by atoms with E-state index >= 15 is 0 Å². The molecule has 3 fully saturated rings. The van der Waals surface area contributed by atoms with Crippen LogP contribution in [0.15, 0.2) is 23.3 Å². The number of fused-ring (bicyclic) bond motifs is 5. The number of carboxylic acids is 1. The minimum atomic E-state index is -0.796. The van der Waals surface area contributed by atoms with Crippen molar-refractivity contribution in [1.82, 2.24) is 0 Å². The van der Waals surface area contributed by atoms with Gasteiger partial charge in [-0.15, -0.1) is 0 Å². The van der Waals surface area contributed by atoms with Gasteiger partial charge in [0.25, 0.3) is 0 Å². The first kappa shape index (κ1) is 25.0. The maximum atomic E-state index is 11.1. The van der Waals surface area contributed by atoms with Crippen LogP contribution in [-0.2, 0) is 4.79 Å². The number of aliphatic hydroxyl groups excluding tert-OH is 1. The number of hydrogen-bond acceptors (Lipinski definition) is 2. The Labute approximate surface area is 202 Å². The summed E-state index contributed by atoms with van der Waals surface area (Å²) < 4.78 is 0. The fourth-order valence-electron chi connectivity index (χ4n) is 9.52. The minimum absolute atomic E-state index is 0.00517. The van der Waals surface area contributed by atoms with E-state index in [1.54, 1.807) is 12.5 Å². The Morgan fingerprint density at radius 2 is 1.79 bits per heavy atom. The summed E-state index contributed by atoms with van der Waals surface area (Å²) in [6, 6.07) is 0. The Balaban J connectivity index is 1.59. The molecule has 3 saturated carbocycles. The van der Waals surface area contributed by atoms with Crippen LogP contribution in [0.5, 0.6) is 0 Å². The lowest BCUT2D eigenvalue weighted by atomic mass is 9.41. The number of carbonyl (C=O) groups is 1. The van der Waals surface area contributed by atoms with Crippen LogP contribution < -0.4 is 0 Å². The monoisotopic (exact) mass is 456 g/mol. The summed E-state index contributed by atoms with van der Waals surface area (Å²) in [6.45, 7) is 16.5. The normalized spacial score (nSPS) is 45.5. The van der Waals surface area contributed by atoms with E-state index in [1.807, 2.05) is 6.08 Å². The number of carboxylic acid groups (broad SMARTS) is 1. The fraction of sp³-hybridized carbons (Fsp3) is 0.833. The van der Waals surface area contributed by atoms with Crippen LogP contribution in [0.3, 0.4) is 0 Å². The lowest BCUT2D eigenvalue weighted by Crippen LogP contribution is -2.57. The third-order valence-corrected chi connectivity index (χ3v) is 12.0. The van der Waals surface area contributed by atoms with Crippen molar-refractivity contribution in [3.05, 3.63) is 23.3 Å². The van der Waals surface area contributed by atoms with Gasteiger partial charge in [0.05, 0.1) is 6.10 Å². The zero-order valence-corrected chi connectivity index (χ0v) is 22.2. The standard InChI is InChI=1S/C30H48O3/c1-19(9-8-10-20(2)26(32)33)21-13-17-30(7)23-11-12-24-27(3,4)25(31)15-16-28(24,5)22(23)14-18-29(21,30)6/h10,14,19,21,23-25,31H,8-9,11-13,15-18H2,1-7H3,(H,32,33)/b20-10+/t19-,21-,23-,24-,25-,28-,29-,30+/m1/s1.